The predicted octanol–water partition coefficient (Wildman–Crippen LogP) is 3.28. The molecule has 0 saturated heterocycles. The van der Waals surface area contributed by atoms with Gasteiger partial charge in [0.15, 0.2) is 0 Å². The zero-order chi connectivity index (χ0) is 12.8. The lowest BCUT2D eigenvalue weighted by atomic mass is 10.2. The molecule has 1 N–H and O–H groups in total. The number of rotatable bonds is 8. The zero-order valence-corrected chi connectivity index (χ0v) is 11.7. The first-order valence-corrected chi connectivity index (χ1v) is 7.26. The van der Waals surface area contributed by atoms with E-state index in [0.29, 0.717) is 0 Å². The molecule has 0 aromatic carbocycles. The second-order valence-corrected chi connectivity index (χ2v) is 5.12. The summed E-state index contributed by atoms with van der Waals surface area (Å²) in [5.74, 6) is 0. The summed E-state index contributed by atoms with van der Waals surface area (Å²) in [5, 5.41) is 3.35. The van der Waals surface area contributed by atoms with Crippen LogP contribution in [0.3, 0.4) is 0 Å². The second kappa shape index (κ2) is 6.74. The number of anilines is 1. The van der Waals surface area contributed by atoms with Crippen LogP contribution in [0.2, 0.25) is 0 Å². The van der Waals surface area contributed by atoms with Gasteiger partial charge >= 0.3 is 0 Å². The highest BCUT2D eigenvalue weighted by Crippen LogP contribution is 2.28. The monoisotopic (exact) mass is 247 g/mol. The van der Waals surface area contributed by atoms with Crippen molar-refractivity contribution in [2.24, 2.45) is 0 Å². The van der Waals surface area contributed by atoms with Crippen LogP contribution in [-0.2, 0) is 6.54 Å². The Bertz CT molecular complexity index is 361. The van der Waals surface area contributed by atoms with E-state index in [9.17, 15) is 0 Å². The molecule has 100 valence electrons. The summed E-state index contributed by atoms with van der Waals surface area (Å²) in [5.41, 5.74) is 2.38. The Morgan fingerprint density at radius 3 is 2.89 bits per heavy atom. The summed E-state index contributed by atoms with van der Waals surface area (Å²) in [7, 11) is 0. The van der Waals surface area contributed by atoms with E-state index < -0.39 is 0 Å². The van der Waals surface area contributed by atoms with Crippen LogP contribution in [0.5, 0.6) is 0 Å². The number of nitrogens with zero attached hydrogens (tertiary/aromatic N) is 2. The van der Waals surface area contributed by atoms with Crippen LogP contribution in [0.15, 0.2) is 18.3 Å². The molecule has 0 amide bonds. The molecule has 0 bridgehead atoms. The lowest BCUT2D eigenvalue weighted by molar-refractivity contribution is 0.248. The molecule has 0 spiro atoms. The molecule has 1 aromatic rings. The molecule has 18 heavy (non-hydrogen) atoms. The molecular weight excluding hydrogens is 222 g/mol. The van der Waals surface area contributed by atoms with Crippen molar-refractivity contribution in [3.63, 3.8) is 0 Å². The van der Waals surface area contributed by atoms with Crippen LogP contribution in [0, 0.1) is 0 Å². The topological polar surface area (TPSA) is 28.2 Å². The molecule has 0 aliphatic heterocycles. The fourth-order valence-corrected chi connectivity index (χ4v) is 2.28. The Morgan fingerprint density at radius 2 is 2.22 bits per heavy atom. The molecular formula is C15H25N3. The van der Waals surface area contributed by atoms with Gasteiger partial charge in [-0.2, -0.15) is 0 Å². The van der Waals surface area contributed by atoms with Crippen molar-refractivity contribution in [2.75, 3.05) is 18.4 Å². The smallest absolute Gasteiger partial charge is 0.0564 e. The third kappa shape index (κ3) is 3.98. The van der Waals surface area contributed by atoms with Gasteiger partial charge in [0, 0.05) is 31.0 Å². The highest BCUT2D eigenvalue weighted by Gasteiger charge is 2.28. The molecule has 1 heterocycles. The average Bonchev–Trinajstić information content (AvgIpc) is 3.19. The number of aromatic nitrogens is 1. The minimum atomic E-state index is 0.821. The van der Waals surface area contributed by atoms with Gasteiger partial charge in [-0.25, -0.2) is 0 Å². The summed E-state index contributed by atoms with van der Waals surface area (Å²) in [6.45, 7) is 7.57. The third-order valence-corrected chi connectivity index (χ3v) is 3.42. The van der Waals surface area contributed by atoms with E-state index in [1.165, 1.54) is 43.6 Å². The van der Waals surface area contributed by atoms with E-state index in [-0.39, 0.29) is 0 Å². The van der Waals surface area contributed by atoms with E-state index >= 15 is 0 Å². The minimum Gasteiger partial charge on any atom is -0.385 e. The fraction of sp³-hybridized carbons (Fsp3) is 0.667. The van der Waals surface area contributed by atoms with E-state index in [1.807, 2.05) is 12.3 Å². The lowest BCUT2D eigenvalue weighted by Gasteiger charge is -2.21. The Balaban J connectivity index is 1.94. The van der Waals surface area contributed by atoms with Gasteiger partial charge < -0.3 is 5.32 Å². The van der Waals surface area contributed by atoms with E-state index in [0.717, 1.165) is 19.1 Å². The molecule has 0 atom stereocenters. The Hall–Kier alpha value is -1.09. The lowest BCUT2D eigenvalue weighted by Crippen LogP contribution is -2.27. The first-order valence-electron chi connectivity index (χ1n) is 7.26. The highest BCUT2D eigenvalue weighted by molar-refractivity contribution is 5.42. The summed E-state index contributed by atoms with van der Waals surface area (Å²) in [6.07, 6.45) is 7.23. The number of pyridine rings is 1. The molecule has 1 saturated carbocycles. The molecule has 3 nitrogen and oxygen atoms in total. The maximum Gasteiger partial charge on any atom is 0.0564 e. The Labute approximate surface area is 111 Å². The maximum atomic E-state index is 4.50. The normalized spacial score (nSPS) is 15.1. The van der Waals surface area contributed by atoms with E-state index in [2.05, 4.69) is 35.1 Å². The van der Waals surface area contributed by atoms with Crippen LogP contribution < -0.4 is 5.32 Å². The van der Waals surface area contributed by atoms with Crippen molar-refractivity contribution in [1.82, 2.24) is 9.88 Å². The summed E-state index contributed by atoms with van der Waals surface area (Å²) in [4.78, 5) is 7.10. The first kappa shape index (κ1) is 13.3. The number of hydrogen-bond donors (Lipinski definition) is 1. The van der Waals surface area contributed by atoms with Gasteiger partial charge in [-0.15, -0.1) is 0 Å². The molecule has 0 unspecified atom stereocenters. The Morgan fingerprint density at radius 1 is 1.39 bits per heavy atom. The predicted molar refractivity (Wildman–Crippen MR) is 76.7 cm³/mol. The van der Waals surface area contributed by atoms with Gasteiger partial charge in [0.05, 0.1) is 5.69 Å². The van der Waals surface area contributed by atoms with Crippen LogP contribution in [0.25, 0.3) is 0 Å². The van der Waals surface area contributed by atoms with E-state index in [4.69, 9.17) is 0 Å². The molecule has 1 aliphatic carbocycles. The van der Waals surface area contributed by atoms with E-state index in [1.54, 1.807) is 0 Å². The molecule has 1 aliphatic rings. The van der Waals surface area contributed by atoms with Crippen LogP contribution in [0.4, 0.5) is 5.69 Å². The highest BCUT2D eigenvalue weighted by atomic mass is 15.2. The number of unbranched alkanes of at least 4 members (excludes halogenated alkanes) is 1. The van der Waals surface area contributed by atoms with Gasteiger partial charge in [0.1, 0.15) is 0 Å². The standard InChI is InChI=1S/C15H25N3/c1-3-5-10-18(15-6-7-15)12-14-11-13(16-4-2)8-9-17-14/h8-9,11,15H,3-7,10,12H2,1-2H3,(H,16,17). The largest absolute Gasteiger partial charge is 0.385 e. The van der Waals surface area contributed by atoms with Gasteiger partial charge in [-0.3, -0.25) is 9.88 Å². The van der Waals surface area contributed by atoms with Crippen molar-refractivity contribution >= 4 is 5.69 Å². The molecule has 1 aromatic heterocycles. The average molecular weight is 247 g/mol. The summed E-state index contributed by atoms with van der Waals surface area (Å²) < 4.78 is 0. The van der Waals surface area contributed by atoms with Crippen LogP contribution >= 0.6 is 0 Å². The molecule has 0 radical (unpaired) electrons. The van der Waals surface area contributed by atoms with Crippen molar-refractivity contribution in [1.29, 1.82) is 0 Å². The summed E-state index contributed by atoms with van der Waals surface area (Å²) in [6, 6.07) is 5.05. The first-order chi connectivity index (χ1) is 8.83. The second-order valence-electron chi connectivity index (χ2n) is 5.12. The molecule has 2 rings (SSSR count). The van der Waals surface area contributed by atoms with Crippen molar-refractivity contribution in [2.45, 2.75) is 52.1 Å². The minimum absolute atomic E-state index is 0.821. The van der Waals surface area contributed by atoms with Gasteiger partial charge in [-0.05, 0) is 44.9 Å². The zero-order valence-electron chi connectivity index (χ0n) is 11.7. The van der Waals surface area contributed by atoms with Gasteiger partial charge in [0.25, 0.3) is 0 Å². The summed E-state index contributed by atoms with van der Waals surface area (Å²) >= 11 is 0. The fourth-order valence-electron chi connectivity index (χ4n) is 2.28. The van der Waals surface area contributed by atoms with Crippen molar-refractivity contribution < 1.29 is 0 Å². The van der Waals surface area contributed by atoms with Crippen molar-refractivity contribution in [3.8, 4) is 0 Å². The maximum absolute atomic E-state index is 4.50. The molecule has 1 fully saturated rings. The molecule has 3 heteroatoms. The Kier molecular flexibility index (Phi) is 5.00. The third-order valence-electron chi connectivity index (χ3n) is 3.42. The number of hydrogen-bond acceptors (Lipinski definition) is 3. The van der Waals surface area contributed by atoms with Crippen LogP contribution in [-0.4, -0.2) is 29.0 Å². The van der Waals surface area contributed by atoms with Crippen LogP contribution in [0.1, 0.15) is 45.2 Å². The quantitative estimate of drug-likeness (QED) is 0.764. The van der Waals surface area contributed by atoms with Gasteiger partial charge in [-0.1, -0.05) is 13.3 Å². The van der Waals surface area contributed by atoms with Crippen molar-refractivity contribution in [3.05, 3.63) is 24.0 Å². The number of nitrogens with one attached hydrogen (secondary N) is 1. The van der Waals surface area contributed by atoms with Gasteiger partial charge in [0.2, 0.25) is 0 Å². The SMILES string of the molecule is CCCCN(Cc1cc(NCC)ccn1)C1CC1.